The predicted molar refractivity (Wildman–Crippen MR) is 166 cm³/mol. The second-order valence-corrected chi connectivity index (χ2v) is 10.7. The quantitative estimate of drug-likeness (QED) is 0.0854. The highest BCUT2D eigenvalue weighted by molar-refractivity contribution is 5.75. The van der Waals surface area contributed by atoms with Crippen molar-refractivity contribution >= 4 is 11.9 Å². The molecule has 0 aliphatic heterocycles. The van der Waals surface area contributed by atoms with Crippen LogP contribution in [0.25, 0.3) is 0 Å². The summed E-state index contributed by atoms with van der Waals surface area (Å²) in [5.41, 5.74) is 2.06. The number of phenolic OH excluding ortho intramolecular Hbond substituents is 1. The number of allylic oxidation sites excluding steroid dienone is 1. The van der Waals surface area contributed by atoms with Crippen LogP contribution in [0.3, 0.4) is 0 Å². The molecule has 0 saturated heterocycles. The van der Waals surface area contributed by atoms with Gasteiger partial charge < -0.3 is 19.9 Å². The third-order valence-corrected chi connectivity index (χ3v) is 7.21. The van der Waals surface area contributed by atoms with Crippen molar-refractivity contribution in [1.82, 2.24) is 5.32 Å². The van der Waals surface area contributed by atoms with Gasteiger partial charge in [0.05, 0.1) is 7.11 Å². The minimum absolute atomic E-state index is 0.0337. The van der Waals surface area contributed by atoms with Crippen molar-refractivity contribution in [1.29, 1.82) is 0 Å². The van der Waals surface area contributed by atoms with Crippen molar-refractivity contribution in [2.75, 3.05) is 7.11 Å². The second kappa shape index (κ2) is 21.5. The number of phenols is 1. The third-order valence-electron chi connectivity index (χ3n) is 7.21. The Labute approximate surface area is 247 Å². The molecule has 0 bridgehead atoms. The minimum atomic E-state index is -0.1000. The van der Waals surface area contributed by atoms with E-state index in [-0.39, 0.29) is 23.7 Å². The summed E-state index contributed by atoms with van der Waals surface area (Å²) in [4.78, 5) is 24.6. The molecule has 1 amide bonds. The molecule has 41 heavy (non-hydrogen) atoms. The number of nitrogens with one attached hydrogen (secondary N) is 1. The van der Waals surface area contributed by atoms with Gasteiger partial charge in [-0.05, 0) is 61.8 Å². The molecule has 226 valence electrons. The Morgan fingerprint density at radius 2 is 1.63 bits per heavy atom. The van der Waals surface area contributed by atoms with Crippen molar-refractivity contribution in [2.24, 2.45) is 0 Å². The van der Waals surface area contributed by atoms with Crippen molar-refractivity contribution in [2.45, 2.75) is 116 Å². The monoisotopic (exact) mass is 565 g/mol. The number of hydrogen-bond acceptors (Lipinski definition) is 5. The summed E-state index contributed by atoms with van der Waals surface area (Å²) < 4.78 is 11.0. The number of aryl methyl sites for hydroxylation is 1. The fraction of sp³-hybridized carbons (Fsp3) is 0.543. The van der Waals surface area contributed by atoms with E-state index in [9.17, 15) is 14.7 Å². The van der Waals surface area contributed by atoms with Gasteiger partial charge in [-0.3, -0.25) is 9.59 Å². The predicted octanol–water partition coefficient (Wildman–Crippen LogP) is 8.21. The van der Waals surface area contributed by atoms with Crippen molar-refractivity contribution in [3.63, 3.8) is 0 Å². The molecule has 0 unspecified atom stereocenters. The summed E-state index contributed by atoms with van der Waals surface area (Å²) >= 11 is 0. The van der Waals surface area contributed by atoms with E-state index < -0.39 is 0 Å². The lowest BCUT2D eigenvalue weighted by atomic mass is 10.1. The second-order valence-electron chi connectivity index (χ2n) is 10.7. The summed E-state index contributed by atoms with van der Waals surface area (Å²) in [6, 6.07) is 15.2. The maximum absolute atomic E-state index is 12.5. The van der Waals surface area contributed by atoms with Gasteiger partial charge in [0.2, 0.25) is 5.91 Å². The number of benzene rings is 2. The number of amides is 1. The van der Waals surface area contributed by atoms with Gasteiger partial charge in [-0.25, -0.2) is 0 Å². The van der Waals surface area contributed by atoms with Gasteiger partial charge in [0, 0.05) is 25.8 Å². The average Bonchev–Trinajstić information content (AvgIpc) is 2.99. The Morgan fingerprint density at radius 1 is 0.878 bits per heavy atom. The molecule has 0 aliphatic carbocycles. The highest BCUT2D eigenvalue weighted by Gasteiger charge is 2.13. The Hall–Kier alpha value is -3.28. The Kier molecular flexibility index (Phi) is 17.8. The SMILES string of the molecule is CCCCCC[C@H](C/C=C/CCCCCCCC(=O)NCc1ccc(O)c(OC)c1)OC(=O)CCc1ccccc1. The zero-order valence-electron chi connectivity index (χ0n) is 25.2. The molecule has 2 N–H and O–H groups in total. The summed E-state index contributed by atoms with van der Waals surface area (Å²) in [6.45, 7) is 2.63. The first kappa shape index (κ1) is 33.9. The molecule has 6 heteroatoms. The number of hydrogen-bond donors (Lipinski definition) is 2. The van der Waals surface area contributed by atoms with E-state index >= 15 is 0 Å². The number of methoxy groups -OCH3 is 1. The molecule has 0 saturated carbocycles. The summed E-state index contributed by atoms with van der Waals surface area (Å²) in [5, 5.41) is 12.6. The lowest BCUT2D eigenvalue weighted by molar-refractivity contribution is -0.149. The Bertz CT molecular complexity index is 1020. The van der Waals surface area contributed by atoms with E-state index in [2.05, 4.69) is 24.4 Å². The molecular weight excluding hydrogens is 514 g/mol. The lowest BCUT2D eigenvalue weighted by Gasteiger charge is -2.16. The normalized spacial score (nSPS) is 11.9. The van der Waals surface area contributed by atoms with Crippen LogP contribution in [-0.4, -0.2) is 30.2 Å². The van der Waals surface area contributed by atoms with E-state index in [1.807, 2.05) is 30.3 Å². The number of aromatic hydroxyl groups is 1. The topological polar surface area (TPSA) is 84.9 Å². The molecule has 0 aliphatic rings. The average molecular weight is 566 g/mol. The molecule has 6 nitrogen and oxygen atoms in total. The smallest absolute Gasteiger partial charge is 0.306 e. The highest BCUT2D eigenvalue weighted by atomic mass is 16.5. The molecular formula is C35H51NO5. The fourth-order valence-electron chi connectivity index (χ4n) is 4.72. The molecule has 0 radical (unpaired) electrons. The van der Waals surface area contributed by atoms with E-state index in [1.165, 1.54) is 31.9 Å². The van der Waals surface area contributed by atoms with E-state index in [4.69, 9.17) is 9.47 Å². The Balaban J connectivity index is 1.55. The fourth-order valence-corrected chi connectivity index (χ4v) is 4.72. The lowest BCUT2D eigenvalue weighted by Crippen LogP contribution is -2.22. The van der Waals surface area contributed by atoms with E-state index in [1.54, 1.807) is 18.2 Å². The van der Waals surface area contributed by atoms with Crippen LogP contribution in [0, 0.1) is 0 Å². The number of carbonyl (C=O) groups excluding carboxylic acids is 2. The number of esters is 1. The molecule has 2 aromatic carbocycles. The van der Waals surface area contributed by atoms with Gasteiger partial charge in [-0.1, -0.05) is 94.0 Å². The maximum Gasteiger partial charge on any atom is 0.306 e. The summed E-state index contributed by atoms with van der Waals surface area (Å²) in [6.07, 6.45) is 18.8. The summed E-state index contributed by atoms with van der Waals surface area (Å²) in [7, 11) is 1.51. The number of rotatable bonds is 22. The third kappa shape index (κ3) is 15.9. The largest absolute Gasteiger partial charge is 0.504 e. The molecule has 0 fully saturated rings. The van der Waals surface area contributed by atoms with E-state index in [0.717, 1.165) is 69.8 Å². The highest BCUT2D eigenvalue weighted by Crippen LogP contribution is 2.26. The van der Waals surface area contributed by atoms with Crippen LogP contribution in [0.1, 0.15) is 108 Å². The number of carbonyl (C=O) groups is 2. The maximum atomic E-state index is 12.5. The van der Waals surface area contributed by atoms with Gasteiger partial charge in [0.1, 0.15) is 6.10 Å². The van der Waals surface area contributed by atoms with Gasteiger partial charge >= 0.3 is 5.97 Å². The Morgan fingerprint density at radius 3 is 2.41 bits per heavy atom. The van der Waals surface area contributed by atoms with Gasteiger partial charge in [0.25, 0.3) is 0 Å². The van der Waals surface area contributed by atoms with Crippen LogP contribution in [0.15, 0.2) is 60.7 Å². The molecule has 0 heterocycles. The van der Waals surface area contributed by atoms with Crippen LogP contribution in [0.2, 0.25) is 0 Å². The van der Waals surface area contributed by atoms with Gasteiger partial charge in [-0.15, -0.1) is 0 Å². The van der Waals surface area contributed by atoms with Gasteiger partial charge in [-0.2, -0.15) is 0 Å². The van der Waals surface area contributed by atoms with Gasteiger partial charge in [0.15, 0.2) is 11.5 Å². The zero-order chi connectivity index (χ0) is 29.5. The minimum Gasteiger partial charge on any atom is -0.504 e. The van der Waals surface area contributed by atoms with Crippen LogP contribution >= 0.6 is 0 Å². The van der Waals surface area contributed by atoms with Crippen molar-refractivity contribution in [3.05, 3.63) is 71.8 Å². The molecule has 1 atom stereocenters. The summed E-state index contributed by atoms with van der Waals surface area (Å²) in [5.74, 6) is 0.449. The first-order chi connectivity index (χ1) is 20.0. The molecule has 0 spiro atoms. The van der Waals surface area contributed by atoms with Crippen LogP contribution in [0.5, 0.6) is 11.5 Å². The van der Waals surface area contributed by atoms with Crippen LogP contribution < -0.4 is 10.1 Å². The molecule has 2 rings (SSSR count). The number of ether oxygens (including phenoxy) is 2. The first-order valence-electron chi connectivity index (χ1n) is 15.5. The van der Waals surface area contributed by atoms with Crippen molar-refractivity contribution < 1.29 is 24.2 Å². The van der Waals surface area contributed by atoms with Crippen LogP contribution in [-0.2, 0) is 27.3 Å². The molecule has 2 aromatic rings. The standard InChI is InChI=1S/C35H51NO5/c1-3-4-5-15-20-31(41-35(39)26-24-29-18-13-12-14-19-29)21-16-10-8-6-7-9-11-17-22-34(38)36-28-30-23-25-32(37)33(27-30)40-2/h10,12-14,16,18-19,23,25,27,31,37H,3-9,11,15,17,20-22,24,26,28H2,1-2H3,(H,36,38)/b16-10+/t31-/m1/s1. The zero-order valence-corrected chi connectivity index (χ0v) is 25.2. The first-order valence-corrected chi connectivity index (χ1v) is 15.5. The van der Waals surface area contributed by atoms with E-state index in [0.29, 0.717) is 25.1 Å². The van der Waals surface area contributed by atoms with Crippen LogP contribution in [0.4, 0.5) is 0 Å². The molecule has 0 aromatic heterocycles. The number of unbranched alkanes of at least 4 members (excludes halogenated alkanes) is 8. The van der Waals surface area contributed by atoms with Crippen molar-refractivity contribution in [3.8, 4) is 11.5 Å².